The number of benzene rings is 1. The average Bonchev–Trinajstić information content (AvgIpc) is 3.11. The Morgan fingerprint density at radius 3 is 2.46 bits per heavy atom. The highest BCUT2D eigenvalue weighted by molar-refractivity contribution is 5.96. The number of ether oxygens (including phenoxy) is 2. The lowest BCUT2D eigenvalue weighted by atomic mass is 9.86. The normalized spacial score (nSPS) is 19.0. The van der Waals surface area contributed by atoms with Crippen molar-refractivity contribution in [3.63, 3.8) is 0 Å². The van der Waals surface area contributed by atoms with Gasteiger partial charge < -0.3 is 29.6 Å². The minimum atomic E-state index is -1.30. The third-order valence-electron chi connectivity index (χ3n) is 5.02. The second kappa shape index (κ2) is 7.40. The van der Waals surface area contributed by atoms with Crippen molar-refractivity contribution in [3.05, 3.63) is 47.7 Å². The summed E-state index contributed by atoms with van der Waals surface area (Å²) in [6.07, 6.45) is 0.744. The lowest BCUT2D eigenvalue weighted by molar-refractivity contribution is -0.136. The van der Waals surface area contributed by atoms with Gasteiger partial charge in [-0.05, 0) is 37.3 Å². The van der Waals surface area contributed by atoms with Gasteiger partial charge in [0, 0.05) is 36.1 Å². The van der Waals surface area contributed by atoms with E-state index in [1.54, 1.807) is 27.2 Å². The molecule has 1 aliphatic rings. The van der Waals surface area contributed by atoms with Gasteiger partial charge in [-0.15, -0.1) is 0 Å². The maximum atomic E-state index is 11.8. The van der Waals surface area contributed by atoms with E-state index in [0.29, 0.717) is 30.3 Å². The molecule has 1 aliphatic heterocycles. The van der Waals surface area contributed by atoms with Gasteiger partial charge in [-0.3, -0.25) is 0 Å². The monoisotopic (exact) mass is 386 g/mol. The van der Waals surface area contributed by atoms with E-state index < -0.39 is 17.5 Å². The number of aromatic nitrogens is 1. The number of carbonyl (C=O) groups is 2. The Morgan fingerprint density at radius 2 is 1.86 bits per heavy atom. The smallest absolute Gasteiger partial charge is 0.334 e. The van der Waals surface area contributed by atoms with Crippen molar-refractivity contribution in [1.29, 1.82) is 0 Å². The first kappa shape index (κ1) is 19.5. The molecule has 0 saturated heterocycles. The van der Waals surface area contributed by atoms with Crippen LogP contribution in [0.4, 0.5) is 0 Å². The fourth-order valence-electron chi connectivity index (χ4n) is 3.68. The molecule has 0 amide bonds. The standard InChI is InChI=1S/C20H22N2O6/c1-20(13(19(25)26)11-18(23)24)17-7-5-14(22(17)9-8-21-20)12-4-6-15(27-2)16(10-12)28-3/h4-7,10-11,21H,8-9H2,1-3H3,(H,23,24)(H,25,26). The van der Waals surface area contributed by atoms with E-state index in [4.69, 9.17) is 14.6 Å². The molecule has 1 aromatic carbocycles. The zero-order chi connectivity index (χ0) is 20.5. The van der Waals surface area contributed by atoms with Crippen molar-refractivity contribution in [2.75, 3.05) is 20.8 Å². The molecule has 1 unspecified atom stereocenters. The molecule has 2 aromatic rings. The molecule has 1 aromatic heterocycles. The van der Waals surface area contributed by atoms with E-state index in [1.807, 2.05) is 28.8 Å². The maximum absolute atomic E-state index is 11.8. The van der Waals surface area contributed by atoms with Crippen LogP contribution < -0.4 is 14.8 Å². The van der Waals surface area contributed by atoms with Crippen molar-refractivity contribution in [3.8, 4) is 22.8 Å². The van der Waals surface area contributed by atoms with Crippen LogP contribution in [0.25, 0.3) is 11.3 Å². The van der Waals surface area contributed by atoms with Gasteiger partial charge in [0.05, 0.1) is 25.3 Å². The second-order valence-corrected chi connectivity index (χ2v) is 6.58. The Labute approximate surface area is 162 Å². The first-order valence-corrected chi connectivity index (χ1v) is 8.67. The molecule has 0 bridgehead atoms. The number of hydrogen-bond acceptors (Lipinski definition) is 5. The predicted octanol–water partition coefficient (Wildman–Crippen LogP) is 2.09. The van der Waals surface area contributed by atoms with Gasteiger partial charge in [0.15, 0.2) is 11.5 Å². The van der Waals surface area contributed by atoms with Crippen LogP contribution >= 0.6 is 0 Å². The first-order chi connectivity index (χ1) is 13.3. The van der Waals surface area contributed by atoms with E-state index in [-0.39, 0.29) is 5.57 Å². The molecule has 2 heterocycles. The Morgan fingerprint density at radius 1 is 1.14 bits per heavy atom. The minimum absolute atomic E-state index is 0.224. The van der Waals surface area contributed by atoms with Gasteiger partial charge in [-0.25, -0.2) is 9.59 Å². The van der Waals surface area contributed by atoms with Crippen molar-refractivity contribution < 1.29 is 29.3 Å². The van der Waals surface area contributed by atoms with Crippen molar-refractivity contribution >= 4 is 11.9 Å². The highest BCUT2D eigenvalue weighted by Crippen LogP contribution is 2.38. The third kappa shape index (κ3) is 3.22. The highest BCUT2D eigenvalue weighted by atomic mass is 16.5. The lowest BCUT2D eigenvalue weighted by Gasteiger charge is -2.37. The molecular weight excluding hydrogens is 364 g/mol. The highest BCUT2D eigenvalue weighted by Gasteiger charge is 2.40. The Hall–Kier alpha value is -3.26. The summed E-state index contributed by atoms with van der Waals surface area (Å²) < 4.78 is 12.7. The summed E-state index contributed by atoms with van der Waals surface area (Å²) in [6.45, 7) is 2.78. The lowest BCUT2D eigenvalue weighted by Crippen LogP contribution is -2.50. The molecule has 0 saturated carbocycles. The molecule has 8 heteroatoms. The molecule has 0 spiro atoms. The molecule has 3 N–H and O–H groups in total. The van der Waals surface area contributed by atoms with E-state index in [0.717, 1.165) is 17.3 Å². The average molecular weight is 386 g/mol. The van der Waals surface area contributed by atoms with Crippen LogP contribution in [0.2, 0.25) is 0 Å². The zero-order valence-corrected chi connectivity index (χ0v) is 15.9. The van der Waals surface area contributed by atoms with E-state index >= 15 is 0 Å². The molecule has 0 aliphatic carbocycles. The van der Waals surface area contributed by atoms with Crippen LogP contribution in [0.5, 0.6) is 11.5 Å². The molecule has 0 fully saturated rings. The topological polar surface area (TPSA) is 110 Å². The number of hydrogen-bond donors (Lipinski definition) is 3. The summed E-state index contributed by atoms with van der Waals surface area (Å²) in [7, 11) is 3.13. The van der Waals surface area contributed by atoms with Crippen LogP contribution in [0.1, 0.15) is 12.6 Å². The molecule has 148 valence electrons. The number of rotatable bonds is 6. The largest absolute Gasteiger partial charge is 0.493 e. The summed E-state index contributed by atoms with van der Waals surface area (Å²) in [5.41, 5.74) is 1.07. The Kier molecular flexibility index (Phi) is 5.15. The van der Waals surface area contributed by atoms with Crippen LogP contribution in [0.3, 0.4) is 0 Å². The maximum Gasteiger partial charge on any atom is 0.334 e. The summed E-state index contributed by atoms with van der Waals surface area (Å²) in [5, 5.41) is 21.9. The number of nitrogens with one attached hydrogen (secondary N) is 1. The number of carboxylic acids is 2. The van der Waals surface area contributed by atoms with Crippen molar-refractivity contribution in [2.24, 2.45) is 0 Å². The first-order valence-electron chi connectivity index (χ1n) is 8.67. The molecule has 8 nitrogen and oxygen atoms in total. The van der Waals surface area contributed by atoms with E-state index in [1.165, 1.54) is 0 Å². The quantitative estimate of drug-likeness (QED) is 0.652. The van der Waals surface area contributed by atoms with E-state index in [9.17, 15) is 14.7 Å². The molecule has 0 radical (unpaired) electrons. The molecule has 3 rings (SSSR count). The fourth-order valence-corrected chi connectivity index (χ4v) is 3.68. The zero-order valence-electron chi connectivity index (χ0n) is 15.9. The van der Waals surface area contributed by atoms with Crippen molar-refractivity contribution in [1.82, 2.24) is 9.88 Å². The molecule has 28 heavy (non-hydrogen) atoms. The van der Waals surface area contributed by atoms with Gasteiger partial charge in [-0.2, -0.15) is 0 Å². The third-order valence-corrected chi connectivity index (χ3v) is 5.02. The predicted molar refractivity (Wildman–Crippen MR) is 102 cm³/mol. The molecule has 1 atom stereocenters. The van der Waals surface area contributed by atoms with Gasteiger partial charge in [-0.1, -0.05) is 0 Å². The summed E-state index contributed by atoms with van der Waals surface area (Å²) in [4.78, 5) is 22.9. The number of nitrogens with zero attached hydrogens (tertiary/aromatic N) is 1. The van der Waals surface area contributed by atoms with Gasteiger partial charge >= 0.3 is 11.9 Å². The number of fused-ring (bicyclic) bond motifs is 1. The SMILES string of the molecule is COc1ccc(-c2ccc3n2CCNC3(C)C(=CC(=O)O)C(=O)O)cc1OC. The van der Waals surface area contributed by atoms with Gasteiger partial charge in [0.2, 0.25) is 0 Å². The van der Waals surface area contributed by atoms with Gasteiger partial charge in [0.25, 0.3) is 0 Å². The Bertz CT molecular complexity index is 962. The molecular formula is C20H22N2O6. The van der Waals surface area contributed by atoms with Crippen LogP contribution in [0, 0.1) is 0 Å². The minimum Gasteiger partial charge on any atom is -0.493 e. The number of aliphatic carboxylic acids is 2. The number of methoxy groups -OCH3 is 2. The van der Waals surface area contributed by atoms with Gasteiger partial charge in [0.1, 0.15) is 0 Å². The fraction of sp³-hybridized carbons (Fsp3) is 0.300. The van der Waals surface area contributed by atoms with Crippen molar-refractivity contribution in [2.45, 2.75) is 19.0 Å². The van der Waals surface area contributed by atoms with Crippen LogP contribution in [-0.2, 0) is 21.7 Å². The summed E-state index contributed by atoms with van der Waals surface area (Å²) >= 11 is 0. The van der Waals surface area contributed by atoms with E-state index in [2.05, 4.69) is 5.32 Å². The number of carboxylic acid groups (broad SMARTS) is 2. The summed E-state index contributed by atoms with van der Waals surface area (Å²) in [6, 6.07) is 9.26. The summed E-state index contributed by atoms with van der Waals surface area (Å²) in [5.74, 6) is -1.38. The van der Waals surface area contributed by atoms with Crippen LogP contribution in [0.15, 0.2) is 42.0 Å². The Balaban J connectivity index is 2.13. The second-order valence-electron chi connectivity index (χ2n) is 6.58. The van der Waals surface area contributed by atoms with Crippen LogP contribution in [-0.4, -0.2) is 47.5 Å².